The topological polar surface area (TPSA) is 86.5 Å². The van der Waals surface area contributed by atoms with E-state index in [1.54, 1.807) is 24.3 Å². The zero-order valence-electron chi connectivity index (χ0n) is 13.6. The summed E-state index contributed by atoms with van der Waals surface area (Å²) in [6.07, 6.45) is 0.410. The number of halogens is 1. The quantitative estimate of drug-likeness (QED) is 0.741. The van der Waals surface area contributed by atoms with Gasteiger partial charge in [-0.1, -0.05) is 28.9 Å². The third-order valence-corrected chi connectivity index (χ3v) is 4.17. The number of fused-ring (bicyclic) bond motifs is 1. The minimum atomic E-state index is -0.214. The Morgan fingerprint density at radius 3 is 2.88 bits per heavy atom. The molecule has 2 aromatic carbocycles. The van der Waals surface area contributed by atoms with Gasteiger partial charge in [-0.05, 0) is 30.3 Å². The van der Waals surface area contributed by atoms with Crippen LogP contribution in [0.4, 0.5) is 0 Å². The molecule has 2 heterocycles. The van der Waals surface area contributed by atoms with Gasteiger partial charge in [-0.3, -0.25) is 4.79 Å². The first-order valence-corrected chi connectivity index (χ1v) is 8.34. The van der Waals surface area contributed by atoms with Gasteiger partial charge < -0.3 is 19.3 Å². The summed E-state index contributed by atoms with van der Waals surface area (Å²) >= 11 is 6.12. The molecule has 0 saturated heterocycles. The molecule has 1 amide bonds. The van der Waals surface area contributed by atoms with Crippen LogP contribution in [-0.4, -0.2) is 29.4 Å². The molecule has 8 heteroatoms. The third kappa shape index (κ3) is 3.34. The van der Waals surface area contributed by atoms with Crippen LogP contribution in [0.1, 0.15) is 16.2 Å². The first-order chi connectivity index (χ1) is 12.7. The standard InChI is InChI=1S/C18H14ClN3O4/c19-13-4-2-1-3-12(13)17-21-16(26-22-17)7-8-20-18(23)11-5-6-14-15(9-11)25-10-24-14/h1-6,9H,7-8,10H2,(H,20,23). The van der Waals surface area contributed by atoms with E-state index in [2.05, 4.69) is 15.5 Å². The molecular weight excluding hydrogens is 358 g/mol. The lowest BCUT2D eigenvalue weighted by Gasteiger charge is -2.04. The Morgan fingerprint density at radius 1 is 1.15 bits per heavy atom. The molecule has 0 spiro atoms. The minimum absolute atomic E-state index is 0.172. The molecule has 26 heavy (non-hydrogen) atoms. The van der Waals surface area contributed by atoms with Crippen molar-refractivity contribution in [2.75, 3.05) is 13.3 Å². The highest BCUT2D eigenvalue weighted by atomic mass is 35.5. The van der Waals surface area contributed by atoms with Gasteiger partial charge in [0.05, 0.1) is 5.02 Å². The van der Waals surface area contributed by atoms with Gasteiger partial charge in [-0.25, -0.2) is 0 Å². The Morgan fingerprint density at radius 2 is 2.00 bits per heavy atom. The van der Waals surface area contributed by atoms with Gasteiger partial charge in [0.25, 0.3) is 5.91 Å². The van der Waals surface area contributed by atoms with E-state index >= 15 is 0 Å². The highest BCUT2D eigenvalue weighted by Gasteiger charge is 2.16. The molecule has 0 bridgehead atoms. The van der Waals surface area contributed by atoms with Gasteiger partial charge in [-0.15, -0.1) is 0 Å². The van der Waals surface area contributed by atoms with Gasteiger partial charge in [0, 0.05) is 24.1 Å². The largest absolute Gasteiger partial charge is 0.454 e. The maximum Gasteiger partial charge on any atom is 0.251 e. The van der Waals surface area contributed by atoms with Crippen LogP contribution in [0.5, 0.6) is 11.5 Å². The van der Waals surface area contributed by atoms with Gasteiger partial charge in [0.2, 0.25) is 18.5 Å². The van der Waals surface area contributed by atoms with Crippen LogP contribution in [0.15, 0.2) is 47.0 Å². The lowest BCUT2D eigenvalue weighted by atomic mass is 10.2. The number of amides is 1. The molecule has 0 radical (unpaired) electrons. The van der Waals surface area contributed by atoms with Crippen LogP contribution in [0, 0.1) is 0 Å². The van der Waals surface area contributed by atoms with E-state index in [9.17, 15) is 4.79 Å². The van der Waals surface area contributed by atoms with E-state index in [4.69, 9.17) is 25.6 Å². The van der Waals surface area contributed by atoms with Crippen molar-refractivity contribution in [2.24, 2.45) is 0 Å². The van der Waals surface area contributed by atoms with E-state index in [-0.39, 0.29) is 12.7 Å². The predicted octanol–water partition coefficient (Wildman–Crippen LogP) is 3.09. The number of rotatable bonds is 5. The van der Waals surface area contributed by atoms with Crippen molar-refractivity contribution in [3.63, 3.8) is 0 Å². The average molecular weight is 372 g/mol. The van der Waals surface area contributed by atoms with Crippen molar-refractivity contribution in [1.82, 2.24) is 15.5 Å². The summed E-state index contributed by atoms with van der Waals surface area (Å²) < 4.78 is 15.7. The molecule has 0 saturated carbocycles. The van der Waals surface area contributed by atoms with E-state index in [1.165, 1.54) is 0 Å². The molecule has 0 atom stereocenters. The monoisotopic (exact) mass is 371 g/mol. The predicted molar refractivity (Wildman–Crippen MR) is 93.3 cm³/mol. The number of hydrogen-bond acceptors (Lipinski definition) is 6. The summed E-state index contributed by atoms with van der Waals surface area (Å²) in [7, 11) is 0. The van der Waals surface area contributed by atoms with E-state index in [0.29, 0.717) is 52.3 Å². The summed E-state index contributed by atoms with van der Waals surface area (Å²) in [4.78, 5) is 16.5. The number of nitrogens with one attached hydrogen (secondary N) is 1. The molecule has 1 aliphatic rings. The fourth-order valence-corrected chi connectivity index (χ4v) is 2.75. The summed E-state index contributed by atoms with van der Waals surface area (Å²) in [5.41, 5.74) is 1.20. The van der Waals surface area contributed by atoms with Crippen LogP contribution < -0.4 is 14.8 Å². The Bertz CT molecular complexity index is 957. The molecule has 4 rings (SSSR count). The van der Waals surface area contributed by atoms with Crippen LogP contribution in [0.3, 0.4) is 0 Å². The molecular formula is C18H14ClN3O4. The fraction of sp³-hybridized carbons (Fsp3) is 0.167. The van der Waals surface area contributed by atoms with Gasteiger partial charge in [0.1, 0.15) is 0 Å². The summed E-state index contributed by atoms with van der Waals surface area (Å²) in [6, 6.07) is 12.3. The Labute approximate surface area is 153 Å². The Hall–Kier alpha value is -3.06. The molecule has 0 fully saturated rings. The first kappa shape index (κ1) is 16.4. The summed E-state index contributed by atoms with van der Waals surface area (Å²) in [5.74, 6) is 1.84. The average Bonchev–Trinajstić information content (AvgIpc) is 3.30. The molecule has 1 N–H and O–H groups in total. The second-order valence-electron chi connectivity index (χ2n) is 5.57. The number of carbonyl (C=O) groups excluding carboxylic acids is 1. The smallest absolute Gasteiger partial charge is 0.251 e. The van der Waals surface area contributed by atoms with E-state index in [1.807, 2.05) is 18.2 Å². The van der Waals surface area contributed by atoms with Crippen molar-refractivity contribution in [3.8, 4) is 22.9 Å². The normalized spacial score (nSPS) is 12.2. The van der Waals surface area contributed by atoms with Gasteiger partial charge >= 0.3 is 0 Å². The number of ether oxygens (including phenoxy) is 2. The lowest BCUT2D eigenvalue weighted by molar-refractivity contribution is 0.0953. The molecule has 7 nitrogen and oxygen atoms in total. The number of benzene rings is 2. The molecule has 0 aliphatic carbocycles. The fourth-order valence-electron chi connectivity index (χ4n) is 2.53. The van der Waals surface area contributed by atoms with Gasteiger partial charge in [0.15, 0.2) is 11.5 Å². The SMILES string of the molecule is O=C(NCCc1nc(-c2ccccc2Cl)no1)c1ccc2c(c1)OCO2. The molecule has 1 aromatic heterocycles. The highest BCUT2D eigenvalue weighted by Crippen LogP contribution is 2.32. The van der Waals surface area contributed by atoms with Crippen molar-refractivity contribution in [3.05, 3.63) is 58.9 Å². The zero-order chi connectivity index (χ0) is 17.9. The number of aromatic nitrogens is 2. The number of nitrogens with zero attached hydrogens (tertiary/aromatic N) is 2. The maximum atomic E-state index is 12.2. The molecule has 0 unspecified atom stereocenters. The lowest BCUT2D eigenvalue weighted by Crippen LogP contribution is -2.25. The maximum absolute atomic E-state index is 12.2. The Balaban J connectivity index is 1.35. The van der Waals surface area contributed by atoms with E-state index < -0.39 is 0 Å². The van der Waals surface area contributed by atoms with Crippen molar-refractivity contribution in [1.29, 1.82) is 0 Å². The Kier molecular flexibility index (Phi) is 4.45. The zero-order valence-corrected chi connectivity index (χ0v) is 14.3. The van der Waals surface area contributed by atoms with Crippen LogP contribution in [0.25, 0.3) is 11.4 Å². The summed E-state index contributed by atoms with van der Waals surface area (Å²) in [6.45, 7) is 0.531. The van der Waals surface area contributed by atoms with E-state index in [0.717, 1.165) is 0 Å². The third-order valence-electron chi connectivity index (χ3n) is 3.84. The molecule has 3 aromatic rings. The second kappa shape index (κ2) is 7.05. The van der Waals surface area contributed by atoms with Crippen LogP contribution >= 0.6 is 11.6 Å². The molecule has 132 valence electrons. The van der Waals surface area contributed by atoms with Crippen molar-refractivity contribution < 1.29 is 18.8 Å². The van der Waals surface area contributed by atoms with Crippen molar-refractivity contribution in [2.45, 2.75) is 6.42 Å². The number of carbonyl (C=O) groups is 1. The first-order valence-electron chi connectivity index (χ1n) is 7.96. The molecule has 1 aliphatic heterocycles. The highest BCUT2D eigenvalue weighted by molar-refractivity contribution is 6.33. The van der Waals surface area contributed by atoms with Crippen molar-refractivity contribution >= 4 is 17.5 Å². The minimum Gasteiger partial charge on any atom is -0.454 e. The van der Waals surface area contributed by atoms with Crippen LogP contribution in [-0.2, 0) is 6.42 Å². The summed E-state index contributed by atoms with van der Waals surface area (Å²) in [5, 5.41) is 7.29. The number of hydrogen-bond donors (Lipinski definition) is 1. The van der Waals surface area contributed by atoms with Gasteiger partial charge in [-0.2, -0.15) is 4.98 Å². The van der Waals surface area contributed by atoms with Crippen LogP contribution in [0.2, 0.25) is 5.02 Å². The second-order valence-corrected chi connectivity index (χ2v) is 5.97.